The van der Waals surface area contributed by atoms with Crippen LogP contribution in [-0.4, -0.2) is 32.4 Å². The lowest BCUT2D eigenvalue weighted by molar-refractivity contribution is 0.0787. The summed E-state index contributed by atoms with van der Waals surface area (Å²) in [7, 11) is 0. The zero-order chi connectivity index (χ0) is 23.1. The zero-order valence-electron chi connectivity index (χ0n) is 18.8. The fourth-order valence-electron chi connectivity index (χ4n) is 4.42. The van der Waals surface area contributed by atoms with Gasteiger partial charge in [-0.25, -0.2) is 9.37 Å². The van der Waals surface area contributed by atoms with Gasteiger partial charge < -0.3 is 15.3 Å². The fraction of sp³-hybridized carbons (Fsp3) is 0.346. The van der Waals surface area contributed by atoms with E-state index in [-0.39, 0.29) is 23.7 Å². The monoisotopic (exact) mass is 446 g/mol. The van der Waals surface area contributed by atoms with Crippen LogP contribution in [0.4, 0.5) is 10.2 Å². The largest absolute Gasteiger partial charge is 0.387 e. The molecule has 2 aromatic heterocycles. The smallest absolute Gasteiger partial charge is 0.254 e. The highest BCUT2D eigenvalue weighted by molar-refractivity contribution is 5.99. The van der Waals surface area contributed by atoms with Crippen molar-refractivity contribution in [1.29, 1.82) is 0 Å². The lowest BCUT2D eigenvalue weighted by Gasteiger charge is -2.18. The summed E-state index contributed by atoms with van der Waals surface area (Å²) in [6, 6.07) is 10.3. The van der Waals surface area contributed by atoms with E-state index in [0.717, 1.165) is 24.0 Å². The number of rotatable bonds is 7. The number of pyridine rings is 2. The Morgan fingerprint density at radius 1 is 1.15 bits per heavy atom. The van der Waals surface area contributed by atoms with Gasteiger partial charge in [-0.1, -0.05) is 12.1 Å². The number of aromatic nitrogens is 2. The Hall–Kier alpha value is -3.32. The van der Waals surface area contributed by atoms with Crippen LogP contribution in [0.1, 0.15) is 66.0 Å². The normalized spacial score (nSPS) is 17.1. The first-order chi connectivity index (χ1) is 16.0. The summed E-state index contributed by atoms with van der Waals surface area (Å²) in [5.74, 6) is 0.601. The lowest BCUT2D eigenvalue weighted by Crippen LogP contribution is -2.22. The first-order valence-corrected chi connectivity index (χ1v) is 11.4. The van der Waals surface area contributed by atoms with Crippen LogP contribution in [0.2, 0.25) is 0 Å². The zero-order valence-corrected chi connectivity index (χ0v) is 18.8. The molecule has 2 aliphatic rings. The summed E-state index contributed by atoms with van der Waals surface area (Å²) < 4.78 is 15.1. The number of nitrogens with zero attached hydrogens (tertiary/aromatic N) is 3. The van der Waals surface area contributed by atoms with Crippen molar-refractivity contribution in [2.45, 2.75) is 45.4 Å². The molecule has 1 aliphatic carbocycles. The van der Waals surface area contributed by atoms with E-state index in [1.165, 1.54) is 6.07 Å². The van der Waals surface area contributed by atoms with Crippen molar-refractivity contribution in [2.24, 2.45) is 5.92 Å². The molecule has 170 valence electrons. The highest BCUT2D eigenvalue weighted by atomic mass is 19.1. The van der Waals surface area contributed by atoms with Crippen molar-refractivity contribution >= 4 is 11.7 Å². The van der Waals surface area contributed by atoms with Gasteiger partial charge in [0.2, 0.25) is 0 Å². The molecule has 3 heterocycles. The number of aliphatic hydroxyl groups excluding tert-OH is 1. The molecule has 0 spiro atoms. The summed E-state index contributed by atoms with van der Waals surface area (Å²) in [6.45, 7) is 5.07. The fourth-order valence-corrected chi connectivity index (χ4v) is 4.42. The topological polar surface area (TPSA) is 78.3 Å². The Morgan fingerprint density at radius 2 is 1.94 bits per heavy atom. The number of benzene rings is 1. The molecule has 5 rings (SSSR count). The summed E-state index contributed by atoms with van der Waals surface area (Å²) >= 11 is 0. The van der Waals surface area contributed by atoms with E-state index in [4.69, 9.17) is 0 Å². The molecule has 0 saturated heterocycles. The summed E-state index contributed by atoms with van der Waals surface area (Å²) in [4.78, 5) is 23.0. The number of anilines is 1. The predicted octanol–water partition coefficient (Wildman–Crippen LogP) is 4.87. The summed E-state index contributed by atoms with van der Waals surface area (Å²) in [6.07, 6.45) is 4.67. The van der Waals surface area contributed by atoms with Crippen molar-refractivity contribution in [3.05, 3.63) is 77.0 Å². The van der Waals surface area contributed by atoms with Gasteiger partial charge in [0.1, 0.15) is 11.6 Å². The maximum absolute atomic E-state index is 15.1. The van der Waals surface area contributed by atoms with E-state index < -0.39 is 6.10 Å². The average molecular weight is 447 g/mol. The minimum Gasteiger partial charge on any atom is -0.387 e. The van der Waals surface area contributed by atoms with Gasteiger partial charge in [0.25, 0.3) is 5.91 Å². The minimum atomic E-state index is -0.591. The van der Waals surface area contributed by atoms with Gasteiger partial charge in [-0.05, 0) is 68.0 Å². The SMILES string of the molecule is CCN1Cc2c(ccnc2NC(C)c2ccc(-c3ccnc(C(O)C4CC4)c3)c(F)c2)C1=O. The number of hydrogen-bond donors (Lipinski definition) is 2. The first kappa shape index (κ1) is 21.5. The maximum atomic E-state index is 15.1. The number of hydrogen-bond acceptors (Lipinski definition) is 5. The third kappa shape index (κ3) is 4.09. The van der Waals surface area contributed by atoms with Crippen LogP contribution in [0.15, 0.2) is 48.8 Å². The number of amides is 1. The Balaban J connectivity index is 1.37. The molecule has 6 nitrogen and oxygen atoms in total. The quantitative estimate of drug-likeness (QED) is 0.541. The van der Waals surface area contributed by atoms with Crippen molar-refractivity contribution in [2.75, 3.05) is 11.9 Å². The van der Waals surface area contributed by atoms with Crippen LogP contribution < -0.4 is 5.32 Å². The van der Waals surface area contributed by atoms with Crippen molar-refractivity contribution in [3.8, 4) is 11.1 Å². The van der Waals surface area contributed by atoms with Crippen LogP contribution in [0.3, 0.4) is 0 Å². The number of nitrogens with one attached hydrogen (secondary N) is 1. The van der Waals surface area contributed by atoms with Crippen LogP contribution in [0.25, 0.3) is 11.1 Å². The molecule has 33 heavy (non-hydrogen) atoms. The van der Waals surface area contributed by atoms with Gasteiger partial charge in [-0.15, -0.1) is 0 Å². The van der Waals surface area contributed by atoms with Crippen LogP contribution in [-0.2, 0) is 6.54 Å². The second-order valence-electron chi connectivity index (χ2n) is 8.86. The number of halogens is 1. The molecule has 3 aromatic rings. The van der Waals surface area contributed by atoms with Crippen molar-refractivity contribution < 1.29 is 14.3 Å². The molecule has 0 bridgehead atoms. The Kier molecular flexibility index (Phi) is 5.58. The minimum absolute atomic E-state index is 0.0181. The molecule has 2 atom stereocenters. The maximum Gasteiger partial charge on any atom is 0.254 e. The van der Waals surface area contributed by atoms with Gasteiger partial charge in [0.05, 0.1) is 24.4 Å². The Bertz CT molecular complexity index is 1210. The molecule has 1 saturated carbocycles. The summed E-state index contributed by atoms with van der Waals surface area (Å²) in [5.41, 5.74) is 4.09. The van der Waals surface area contributed by atoms with Gasteiger partial charge in [0.15, 0.2) is 0 Å². The lowest BCUT2D eigenvalue weighted by atomic mass is 9.99. The summed E-state index contributed by atoms with van der Waals surface area (Å²) in [5, 5.41) is 13.7. The molecule has 1 aliphatic heterocycles. The number of carbonyl (C=O) groups excluding carboxylic acids is 1. The van der Waals surface area contributed by atoms with Crippen LogP contribution in [0, 0.1) is 11.7 Å². The molecular formula is C26H27FN4O2. The Labute approximate surface area is 192 Å². The van der Waals surface area contributed by atoms with E-state index >= 15 is 4.39 Å². The van der Waals surface area contributed by atoms with Crippen LogP contribution in [0.5, 0.6) is 0 Å². The second kappa shape index (κ2) is 8.56. The van der Waals surface area contributed by atoms with Crippen molar-refractivity contribution in [3.63, 3.8) is 0 Å². The molecule has 1 fully saturated rings. The van der Waals surface area contributed by atoms with E-state index in [9.17, 15) is 9.90 Å². The molecule has 2 N–H and O–H groups in total. The predicted molar refractivity (Wildman–Crippen MR) is 124 cm³/mol. The number of aliphatic hydroxyl groups is 1. The van der Waals surface area contributed by atoms with E-state index in [2.05, 4.69) is 15.3 Å². The molecule has 7 heteroatoms. The Morgan fingerprint density at radius 3 is 2.67 bits per heavy atom. The second-order valence-corrected chi connectivity index (χ2v) is 8.86. The molecule has 1 aromatic carbocycles. The average Bonchev–Trinajstić information content (AvgIpc) is 3.62. The highest BCUT2D eigenvalue weighted by Crippen LogP contribution is 2.41. The number of carbonyl (C=O) groups is 1. The van der Waals surface area contributed by atoms with Gasteiger partial charge in [-0.2, -0.15) is 0 Å². The van der Waals surface area contributed by atoms with Crippen molar-refractivity contribution in [1.82, 2.24) is 14.9 Å². The van der Waals surface area contributed by atoms with E-state index in [0.29, 0.717) is 41.3 Å². The third-order valence-corrected chi connectivity index (χ3v) is 6.61. The molecule has 2 unspecified atom stereocenters. The number of fused-ring (bicyclic) bond motifs is 1. The third-order valence-electron chi connectivity index (χ3n) is 6.61. The highest BCUT2D eigenvalue weighted by Gasteiger charge is 2.32. The van der Waals surface area contributed by atoms with Crippen LogP contribution >= 0.6 is 0 Å². The molecule has 0 radical (unpaired) electrons. The standard InChI is InChI=1S/C26H27FN4O2/c1-3-31-14-21-20(26(31)33)9-11-29-25(21)30-15(2)17-6-7-19(22(27)12-17)18-8-10-28-23(13-18)24(32)16-4-5-16/h6-13,15-16,24,32H,3-5,14H2,1-2H3,(H,29,30). The van der Waals surface area contributed by atoms with E-state index in [1.807, 2.05) is 19.9 Å². The van der Waals surface area contributed by atoms with Gasteiger partial charge in [-0.3, -0.25) is 9.78 Å². The molecular weight excluding hydrogens is 419 g/mol. The van der Waals surface area contributed by atoms with Gasteiger partial charge in [0, 0.05) is 35.6 Å². The van der Waals surface area contributed by atoms with Gasteiger partial charge >= 0.3 is 0 Å². The van der Waals surface area contributed by atoms with E-state index in [1.54, 1.807) is 41.6 Å². The first-order valence-electron chi connectivity index (χ1n) is 11.4. The molecule has 1 amide bonds.